The van der Waals surface area contributed by atoms with E-state index in [2.05, 4.69) is 10.1 Å². The summed E-state index contributed by atoms with van der Waals surface area (Å²) in [5.74, 6) is 0.311. The highest BCUT2D eigenvalue weighted by Crippen LogP contribution is 2.25. The maximum Gasteiger partial charge on any atom is 0.309 e. The molecule has 0 bridgehead atoms. The Hall–Kier alpha value is -0.610. The topological polar surface area (TPSA) is 58.6 Å². The summed E-state index contributed by atoms with van der Waals surface area (Å²) < 4.78 is 4.61. The van der Waals surface area contributed by atoms with Crippen LogP contribution in [0.15, 0.2) is 0 Å². The molecular formula is C10H19NO3. The minimum atomic E-state index is -0.175. The third kappa shape index (κ3) is 3.27. The zero-order chi connectivity index (χ0) is 10.6. The van der Waals surface area contributed by atoms with Gasteiger partial charge in [-0.25, -0.2) is 0 Å². The molecule has 4 nitrogen and oxygen atoms in total. The zero-order valence-corrected chi connectivity index (χ0v) is 8.82. The molecule has 1 saturated carbocycles. The number of aliphatic hydroxyl groups excluding tert-OH is 1. The number of hydrogen-bond acceptors (Lipinski definition) is 4. The molecular weight excluding hydrogens is 182 g/mol. The first-order chi connectivity index (χ1) is 6.63. The lowest BCUT2D eigenvalue weighted by Gasteiger charge is -2.31. The number of ether oxygens (including phenoxy) is 1. The predicted molar refractivity (Wildman–Crippen MR) is 52.8 cm³/mol. The molecule has 0 saturated heterocycles. The molecule has 0 aromatic carbocycles. The van der Waals surface area contributed by atoms with Crippen molar-refractivity contribution < 1.29 is 14.6 Å². The van der Waals surface area contributed by atoms with E-state index in [1.165, 1.54) is 7.11 Å². The van der Waals surface area contributed by atoms with Gasteiger partial charge < -0.3 is 15.2 Å². The third-order valence-corrected chi connectivity index (χ3v) is 2.70. The van der Waals surface area contributed by atoms with Crippen LogP contribution in [-0.2, 0) is 9.53 Å². The quantitative estimate of drug-likeness (QED) is 0.622. The lowest BCUT2D eigenvalue weighted by Crippen LogP contribution is -2.38. The summed E-state index contributed by atoms with van der Waals surface area (Å²) in [6, 6.07) is 0. The molecule has 4 heteroatoms. The van der Waals surface area contributed by atoms with E-state index in [9.17, 15) is 4.79 Å². The number of hydrogen-bond donors (Lipinski definition) is 2. The smallest absolute Gasteiger partial charge is 0.309 e. The van der Waals surface area contributed by atoms with Crippen LogP contribution in [-0.4, -0.2) is 37.4 Å². The van der Waals surface area contributed by atoms with Crippen molar-refractivity contribution in [3.8, 4) is 0 Å². The van der Waals surface area contributed by atoms with Gasteiger partial charge in [0.05, 0.1) is 19.1 Å². The predicted octanol–water partition coefficient (Wildman–Crippen LogP) is 0.156. The normalized spacial score (nSPS) is 27.9. The fourth-order valence-corrected chi connectivity index (χ4v) is 1.66. The van der Waals surface area contributed by atoms with E-state index in [4.69, 9.17) is 5.11 Å². The maximum atomic E-state index is 11.0. The van der Waals surface area contributed by atoms with Crippen LogP contribution in [0.25, 0.3) is 0 Å². The molecule has 1 aliphatic carbocycles. The monoisotopic (exact) mass is 201 g/mol. The van der Waals surface area contributed by atoms with E-state index in [1.807, 2.05) is 6.92 Å². The average Bonchev–Trinajstić information content (AvgIpc) is 2.13. The Morgan fingerprint density at radius 2 is 2.29 bits per heavy atom. The van der Waals surface area contributed by atoms with Crippen molar-refractivity contribution in [1.29, 1.82) is 0 Å². The summed E-state index contributed by atoms with van der Waals surface area (Å²) in [5, 5.41) is 12.3. The van der Waals surface area contributed by atoms with Crippen LogP contribution in [0.2, 0.25) is 0 Å². The van der Waals surface area contributed by atoms with Crippen LogP contribution in [0.5, 0.6) is 0 Å². The minimum Gasteiger partial charge on any atom is -0.469 e. The van der Waals surface area contributed by atoms with Gasteiger partial charge >= 0.3 is 5.97 Å². The van der Waals surface area contributed by atoms with Crippen molar-refractivity contribution in [2.24, 2.45) is 11.8 Å². The van der Waals surface area contributed by atoms with Crippen molar-refractivity contribution in [1.82, 2.24) is 5.32 Å². The van der Waals surface area contributed by atoms with Crippen molar-refractivity contribution in [3.05, 3.63) is 0 Å². The molecule has 1 unspecified atom stereocenters. The van der Waals surface area contributed by atoms with Gasteiger partial charge in [0, 0.05) is 6.54 Å². The van der Waals surface area contributed by atoms with Crippen molar-refractivity contribution in [2.45, 2.75) is 25.9 Å². The Balaban J connectivity index is 2.01. The van der Waals surface area contributed by atoms with Crippen LogP contribution in [0.3, 0.4) is 0 Å². The first-order valence-electron chi connectivity index (χ1n) is 5.10. The summed E-state index contributed by atoms with van der Waals surface area (Å²) in [6.45, 7) is 3.38. The number of carbonyl (C=O) groups is 1. The largest absolute Gasteiger partial charge is 0.469 e. The molecule has 14 heavy (non-hydrogen) atoms. The highest BCUT2D eigenvalue weighted by molar-refractivity contribution is 5.71. The maximum absolute atomic E-state index is 11.0. The number of methoxy groups -OCH3 is 1. The van der Waals surface area contributed by atoms with E-state index in [-0.39, 0.29) is 18.0 Å². The van der Waals surface area contributed by atoms with Gasteiger partial charge in [-0.1, -0.05) is 6.92 Å². The fraction of sp³-hybridized carbons (Fsp3) is 0.900. The van der Waals surface area contributed by atoms with E-state index < -0.39 is 0 Å². The van der Waals surface area contributed by atoms with Gasteiger partial charge in [-0.15, -0.1) is 0 Å². The average molecular weight is 201 g/mol. The Bertz CT molecular complexity index is 190. The number of nitrogens with one attached hydrogen (secondary N) is 1. The Kier molecular flexibility index (Phi) is 4.35. The van der Waals surface area contributed by atoms with Gasteiger partial charge in [-0.05, 0) is 25.3 Å². The molecule has 0 heterocycles. The van der Waals surface area contributed by atoms with Crippen LogP contribution < -0.4 is 5.32 Å². The summed E-state index contributed by atoms with van der Waals surface area (Å²) in [4.78, 5) is 11.0. The summed E-state index contributed by atoms with van der Waals surface area (Å²) in [7, 11) is 1.40. The van der Waals surface area contributed by atoms with E-state index in [1.54, 1.807) is 0 Å². The molecule has 0 aromatic rings. The molecule has 0 radical (unpaired) electrons. The van der Waals surface area contributed by atoms with Crippen LogP contribution in [0.4, 0.5) is 0 Å². The molecule has 0 amide bonds. The molecule has 1 aliphatic rings. The standard InChI is InChI=1S/C10H19NO3/c1-7(10(13)14-2)5-11-6-8-3-9(12)4-8/h7-9,11-12H,3-6H2,1-2H3. The van der Waals surface area contributed by atoms with Crippen molar-refractivity contribution in [3.63, 3.8) is 0 Å². The van der Waals surface area contributed by atoms with Crippen LogP contribution in [0.1, 0.15) is 19.8 Å². The van der Waals surface area contributed by atoms with Crippen molar-refractivity contribution in [2.75, 3.05) is 20.2 Å². The molecule has 2 N–H and O–H groups in total. The fourth-order valence-electron chi connectivity index (χ4n) is 1.66. The minimum absolute atomic E-state index is 0.0926. The van der Waals surface area contributed by atoms with Crippen LogP contribution in [0, 0.1) is 11.8 Å². The van der Waals surface area contributed by atoms with Gasteiger partial charge in [-0.2, -0.15) is 0 Å². The first kappa shape index (κ1) is 11.5. The van der Waals surface area contributed by atoms with Crippen LogP contribution >= 0.6 is 0 Å². The Morgan fingerprint density at radius 3 is 2.79 bits per heavy atom. The Morgan fingerprint density at radius 1 is 1.64 bits per heavy atom. The SMILES string of the molecule is COC(=O)C(C)CNCC1CC(O)C1. The summed E-state index contributed by atoms with van der Waals surface area (Å²) >= 11 is 0. The third-order valence-electron chi connectivity index (χ3n) is 2.70. The molecule has 1 atom stereocenters. The Labute approximate surface area is 84.6 Å². The van der Waals surface area contributed by atoms with Gasteiger partial charge in [0.2, 0.25) is 0 Å². The van der Waals surface area contributed by atoms with Gasteiger partial charge in [0.25, 0.3) is 0 Å². The lowest BCUT2D eigenvalue weighted by molar-refractivity contribution is -0.144. The molecule has 1 fully saturated rings. The molecule has 82 valence electrons. The zero-order valence-electron chi connectivity index (χ0n) is 8.82. The molecule has 0 aliphatic heterocycles. The first-order valence-corrected chi connectivity index (χ1v) is 5.10. The van der Waals surface area contributed by atoms with E-state index >= 15 is 0 Å². The second-order valence-corrected chi connectivity index (χ2v) is 4.07. The molecule has 0 spiro atoms. The summed E-state index contributed by atoms with van der Waals surface area (Å²) in [6.07, 6.45) is 1.68. The number of carbonyl (C=O) groups excluding carboxylic acids is 1. The second kappa shape index (κ2) is 5.32. The number of rotatable bonds is 5. The van der Waals surface area contributed by atoms with E-state index in [0.717, 1.165) is 19.4 Å². The number of esters is 1. The molecule has 1 rings (SSSR count). The van der Waals surface area contributed by atoms with Gasteiger partial charge in [0.1, 0.15) is 0 Å². The molecule has 0 aromatic heterocycles. The summed E-state index contributed by atoms with van der Waals surface area (Å²) in [5.41, 5.74) is 0. The lowest BCUT2D eigenvalue weighted by atomic mass is 9.82. The highest BCUT2D eigenvalue weighted by atomic mass is 16.5. The van der Waals surface area contributed by atoms with Crippen molar-refractivity contribution >= 4 is 5.97 Å². The van der Waals surface area contributed by atoms with E-state index in [0.29, 0.717) is 12.5 Å². The van der Waals surface area contributed by atoms with Gasteiger partial charge in [0.15, 0.2) is 0 Å². The van der Waals surface area contributed by atoms with Gasteiger partial charge in [-0.3, -0.25) is 4.79 Å². The highest BCUT2D eigenvalue weighted by Gasteiger charge is 2.26. The number of aliphatic hydroxyl groups is 1. The second-order valence-electron chi connectivity index (χ2n) is 4.07.